The SMILES string of the molecule is Cc1ccc2c(=O)n(-c3ccccc3)n(Cc3ccc([N+](=O)[O-])cc3)c2n1. The Balaban J connectivity index is 1.91. The van der Waals surface area contributed by atoms with Crippen molar-refractivity contribution in [1.29, 1.82) is 0 Å². The number of nitrogens with zero attached hydrogens (tertiary/aromatic N) is 4. The van der Waals surface area contributed by atoms with Crippen molar-refractivity contribution < 1.29 is 4.92 Å². The number of fused-ring (bicyclic) bond motifs is 1. The number of pyridine rings is 1. The van der Waals surface area contributed by atoms with Crippen LogP contribution in [0.1, 0.15) is 11.3 Å². The van der Waals surface area contributed by atoms with Crippen molar-refractivity contribution in [3.63, 3.8) is 0 Å². The maximum atomic E-state index is 13.0. The molecule has 0 spiro atoms. The normalized spacial score (nSPS) is 11.0. The van der Waals surface area contributed by atoms with E-state index in [1.807, 2.05) is 43.3 Å². The summed E-state index contributed by atoms with van der Waals surface area (Å²) in [4.78, 5) is 28.0. The lowest BCUT2D eigenvalue weighted by Gasteiger charge is -2.12. The van der Waals surface area contributed by atoms with Crippen LogP contribution in [-0.2, 0) is 6.54 Å². The van der Waals surface area contributed by atoms with Gasteiger partial charge in [-0.1, -0.05) is 30.3 Å². The first kappa shape index (κ1) is 16.7. The molecule has 0 saturated heterocycles. The molecule has 0 radical (unpaired) electrons. The van der Waals surface area contributed by atoms with Gasteiger partial charge < -0.3 is 0 Å². The number of rotatable bonds is 4. The predicted molar refractivity (Wildman–Crippen MR) is 102 cm³/mol. The molecule has 0 unspecified atom stereocenters. The minimum atomic E-state index is -0.431. The Morgan fingerprint density at radius 2 is 1.70 bits per heavy atom. The van der Waals surface area contributed by atoms with Gasteiger partial charge in [-0.2, -0.15) is 0 Å². The van der Waals surface area contributed by atoms with E-state index in [2.05, 4.69) is 4.98 Å². The highest BCUT2D eigenvalue weighted by Crippen LogP contribution is 2.18. The number of nitro groups is 1. The van der Waals surface area contributed by atoms with Gasteiger partial charge in [0.1, 0.15) is 0 Å². The molecular weight excluding hydrogens is 344 g/mol. The molecule has 2 aromatic carbocycles. The number of aromatic nitrogens is 3. The van der Waals surface area contributed by atoms with Gasteiger partial charge in [0.2, 0.25) is 0 Å². The quantitative estimate of drug-likeness (QED) is 0.412. The molecule has 0 aliphatic heterocycles. The molecule has 0 saturated carbocycles. The summed E-state index contributed by atoms with van der Waals surface area (Å²) >= 11 is 0. The van der Waals surface area contributed by atoms with E-state index >= 15 is 0 Å². The van der Waals surface area contributed by atoms with Crippen molar-refractivity contribution in [2.75, 3.05) is 0 Å². The van der Waals surface area contributed by atoms with Crippen LogP contribution in [0.5, 0.6) is 0 Å². The summed E-state index contributed by atoms with van der Waals surface area (Å²) in [6, 6.07) is 19.3. The van der Waals surface area contributed by atoms with Crippen molar-refractivity contribution in [3.8, 4) is 5.69 Å². The summed E-state index contributed by atoms with van der Waals surface area (Å²) in [7, 11) is 0. The topological polar surface area (TPSA) is 83.0 Å². The van der Waals surface area contributed by atoms with Crippen LogP contribution in [0.3, 0.4) is 0 Å². The first-order chi connectivity index (χ1) is 13.0. The monoisotopic (exact) mass is 360 g/mol. The molecular formula is C20H16N4O3. The fraction of sp³-hybridized carbons (Fsp3) is 0.100. The van der Waals surface area contributed by atoms with Gasteiger partial charge >= 0.3 is 0 Å². The Bertz CT molecular complexity index is 1190. The smallest absolute Gasteiger partial charge is 0.267 e. The van der Waals surface area contributed by atoms with E-state index in [0.717, 1.165) is 16.9 Å². The van der Waals surface area contributed by atoms with Crippen molar-refractivity contribution in [3.05, 3.63) is 98.5 Å². The third-order valence-electron chi connectivity index (χ3n) is 4.40. The highest BCUT2D eigenvalue weighted by atomic mass is 16.6. The lowest BCUT2D eigenvalue weighted by Crippen LogP contribution is -2.21. The average Bonchev–Trinajstić information content (AvgIpc) is 2.94. The third-order valence-corrected chi connectivity index (χ3v) is 4.40. The molecule has 4 aromatic rings. The van der Waals surface area contributed by atoms with Gasteiger partial charge in [-0.15, -0.1) is 0 Å². The molecule has 27 heavy (non-hydrogen) atoms. The number of hydrogen-bond donors (Lipinski definition) is 0. The molecule has 0 atom stereocenters. The second-order valence-corrected chi connectivity index (χ2v) is 6.26. The van der Waals surface area contributed by atoms with Crippen LogP contribution in [0, 0.1) is 17.0 Å². The summed E-state index contributed by atoms with van der Waals surface area (Å²) in [5.74, 6) is 0. The van der Waals surface area contributed by atoms with Crippen LogP contribution in [0.4, 0.5) is 5.69 Å². The maximum absolute atomic E-state index is 13.0. The maximum Gasteiger partial charge on any atom is 0.280 e. The van der Waals surface area contributed by atoms with Crippen molar-refractivity contribution >= 4 is 16.7 Å². The van der Waals surface area contributed by atoms with Crippen molar-refractivity contribution in [1.82, 2.24) is 14.3 Å². The van der Waals surface area contributed by atoms with Gasteiger partial charge in [-0.05, 0) is 36.8 Å². The van der Waals surface area contributed by atoms with Crippen molar-refractivity contribution in [2.45, 2.75) is 13.5 Å². The van der Waals surface area contributed by atoms with Gasteiger partial charge in [0.15, 0.2) is 5.65 Å². The van der Waals surface area contributed by atoms with Gasteiger partial charge in [-0.25, -0.2) is 9.67 Å². The molecule has 7 nitrogen and oxygen atoms in total. The Labute approximate surface area is 154 Å². The van der Waals surface area contributed by atoms with E-state index in [9.17, 15) is 14.9 Å². The fourth-order valence-corrected chi connectivity index (χ4v) is 3.09. The number of benzene rings is 2. The van der Waals surface area contributed by atoms with E-state index < -0.39 is 4.92 Å². The van der Waals surface area contributed by atoms with E-state index in [4.69, 9.17) is 0 Å². The summed E-state index contributed by atoms with van der Waals surface area (Å²) in [6.07, 6.45) is 0. The first-order valence-electron chi connectivity index (χ1n) is 8.42. The minimum Gasteiger partial charge on any atom is -0.267 e. The minimum absolute atomic E-state index is 0.0329. The summed E-state index contributed by atoms with van der Waals surface area (Å²) in [5.41, 5.74) is 2.86. The number of nitro benzene ring substituents is 1. The largest absolute Gasteiger partial charge is 0.280 e. The summed E-state index contributed by atoms with van der Waals surface area (Å²) in [5, 5.41) is 11.4. The standard InChI is InChI=1S/C20H16N4O3/c1-14-7-12-18-19(21-14)22(13-15-8-10-17(11-9-15)24(26)27)23(20(18)25)16-5-3-2-4-6-16/h2-12H,13H2,1H3. The Morgan fingerprint density at radius 3 is 2.37 bits per heavy atom. The van der Waals surface area contributed by atoms with E-state index in [1.165, 1.54) is 12.1 Å². The van der Waals surface area contributed by atoms with Gasteiger partial charge in [0.25, 0.3) is 11.2 Å². The van der Waals surface area contributed by atoms with E-state index in [-0.39, 0.29) is 11.2 Å². The number of para-hydroxylation sites is 1. The Hall–Kier alpha value is -3.74. The van der Waals surface area contributed by atoms with E-state index in [1.54, 1.807) is 27.6 Å². The average molecular weight is 360 g/mol. The van der Waals surface area contributed by atoms with Crippen LogP contribution in [0.2, 0.25) is 0 Å². The summed E-state index contributed by atoms with van der Waals surface area (Å²) in [6.45, 7) is 2.24. The van der Waals surface area contributed by atoms with Crippen LogP contribution in [0.15, 0.2) is 71.5 Å². The zero-order chi connectivity index (χ0) is 19.0. The molecule has 0 amide bonds. The highest BCUT2D eigenvalue weighted by molar-refractivity contribution is 5.75. The summed E-state index contributed by atoms with van der Waals surface area (Å²) < 4.78 is 3.40. The van der Waals surface area contributed by atoms with Crippen LogP contribution >= 0.6 is 0 Å². The molecule has 2 aromatic heterocycles. The third kappa shape index (κ3) is 2.99. The lowest BCUT2D eigenvalue weighted by molar-refractivity contribution is -0.384. The van der Waals surface area contributed by atoms with Crippen LogP contribution in [0.25, 0.3) is 16.7 Å². The molecule has 0 fully saturated rings. The predicted octanol–water partition coefficient (Wildman–Crippen LogP) is 3.45. The van der Waals surface area contributed by atoms with Crippen LogP contribution in [-0.4, -0.2) is 19.3 Å². The highest BCUT2D eigenvalue weighted by Gasteiger charge is 2.16. The molecule has 134 valence electrons. The number of aryl methyl sites for hydroxylation is 1. The fourth-order valence-electron chi connectivity index (χ4n) is 3.09. The zero-order valence-corrected chi connectivity index (χ0v) is 14.6. The number of hydrogen-bond acceptors (Lipinski definition) is 4. The molecule has 2 heterocycles. The van der Waals surface area contributed by atoms with Gasteiger partial charge in [-0.3, -0.25) is 19.6 Å². The molecule has 0 aliphatic rings. The van der Waals surface area contributed by atoms with Gasteiger partial charge in [0.05, 0.1) is 22.5 Å². The number of non-ortho nitro benzene ring substituents is 1. The molecule has 0 aliphatic carbocycles. The second kappa shape index (κ2) is 6.53. The van der Waals surface area contributed by atoms with Crippen molar-refractivity contribution in [2.24, 2.45) is 0 Å². The second-order valence-electron chi connectivity index (χ2n) is 6.26. The van der Waals surface area contributed by atoms with Crippen LogP contribution < -0.4 is 5.56 Å². The van der Waals surface area contributed by atoms with E-state index in [0.29, 0.717) is 17.6 Å². The molecule has 7 heteroatoms. The zero-order valence-electron chi connectivity index (χ0n) is 14.6. The van der Waals surface area contributed by atoms with Gasteiger partial charge in [0, 0.05) is 17.8 Å². The lowest BCUT2D eigenvalue weighted by atomic mass is 10.2. The molecule has 0 bridgehead atoms. The molecule has 0 N–H and O–H groups in total. The first-order valence-corrected chi connectivity index (χ1v) is 8.42. The Morgan fingerprint density at radius 1 is 1.00 bits per heavy atom. The molecule has 4 rings (SSSR count). The Kier molecular flexibility index (Phi) is 4.04.